The summed E-state index contributed by atoms with van der Waals surface area (Å²) in [5.41, 5.74) is 0. The van der Waals surface area contributed by atoms with E-state index in [0.29, 0.717) is 70.1 Å². The molecule has 12 heteroatoms. The second kappa shape index (κ2) is 68.9. The molecule has 0 fully saturated rings. The molecule has 0 radical (unpaired) electrons. The largest absolute Gasteiger partial charge is 0.508 e. The molecular weight excluding hydrogens is 1100 g/mol. The number of aliphatic hydroxyl groups is 1. The van der Waals surface area contributed by atoms with Gasteiger partial charge in [-0.1, -0.05) is 273 Å². The number of nitrogens with zero attached hydrogens (tertiary/aromatic N) is 2. The van der Waals surface area contributed by atoms with E-state index in [-0.39, 0.29) is 24.5 Å². The predicted molar refractivity (Wildman–Crippen MR) is 370 cm³/mol. The number of rotatable bonds is 71. The fraction of sp³-hybridized carbons (Fsp3) is 0.947. The number of carbonyl (C=O) groups is 4. The molecule has 12 nitrogen and oxygen atoms in total. The van der Waals surface area contributed by atoms with E-state index in [1.54, 1.807) is 0 Å². The molecule has 0 aromatic carbocycles. The summed E-state index contributed by atoms with van der Waals surface area (Å²) in [6.45, 7) is 21.6. The summed E-state index contributed by atoms with van der Waals surface area (Å²) in [7, 11) is 0. The van der Waals surface area contributed by atoms with Gasteiger partial charge in [-0.2, -0.15) is 0 Å². The Kier molecular flexibility index (Phi) is 67.0. The minimum atomic E-state index is -0.596. The van der Waals surface area contributed by atoms with Gasteiger partial charge in [0.05, 0.1) is 33.0 Å². The highest BCUT2D eigenvalue weighted by molar-refractivity contribution is 5.69. The van der Waals surface area contributed by atoms with Gasteiger partial charge in [0, 0.05) is 45.5 Å². The van der Waals surface area contributed by atoms with Crippen molar-refractivity contribution in [1.82, 2.24) is 9.80 Å². The monoisotopic (exact) mass is 1250 g/mol. The molecule has 0 rings (SSSR count). The molecule has 0 aliphatic carbocycles. The molecule has 0 aromatic heterocycles. The predicted octanol–water partition coefficient (Wildman–Crippen LogP) is 21.2. The van der Waals surface area contributed by atoms with Crippen molar-refractivity contribution in [2.24, 2.45) is 17.8 Å². The molecule has 1 N–H and O–H groups in total. The fourth-order valence-electron chi connectivity index (χ4n) is 12.5. The molecule has 0 heterocycles. The van der Waals surface area contributed by atoms with E-state index in [1.165, 1.54) is 180 Å². The van der Waals surface area contributed by atoms with Crippen molar-refractivity contribution < 1.29 is 48.0 Å². The van der Waals surface area contributed by atoms with E-state index in [2.05, 4.69) is 51.3 Å². The minimum Gasteiger partial charge on any atom is -0.466 e. The van der Waals surface area contributed by atoms with Gasteiger partial charge in [0.25, 0.3) is 0 Å². The Bertz CT molecular complexity index is 1400. The zero-order chi connectivity index (χ0) is 64.3. The zero-order valence-electron chi connectivity index (χ0n) is 59.3. The van der Waals surface area contributed by atoms with Crippen molar-refractivity contribution in [2.45, 2.75) is 369 Å². The maximum atomic E-state index is 12.6. The van der Waals surface area contributed by atoms with E-state index >= 15 is 0 Å². The number of hydrogen-bond acceptors (Lipinski definition) is 12. The second-order valence-corrected chi connectivity index (χ2v) is 26.6. The summed E-state index contributed by atoms with van der Waals surface area (Å²) >= 11 is 0. The topological polar surface area (TPSA) is 141 Å². The third-order valence-corrected chi connectivity index (χ3v) is 18.3. The van der Waals surface area contributed by atoms with Crippen molar-refractivity contribution >= 4 is 24.1 Å². The molecule has 522 valence electrons. The lowest BCUT2D eigenvalue weighted by Crippen LogP contribution is -2.29. The lowest BCUT2D eigenvalue weighted by atomic mass is 9.92. The maximum Gasteiger partial charge on any atom is 0.508 e. The summed E-state index contributed by atoms with van der Waals surface area (Å²) in [6.07, 6.45) is 56.3. The highest BCUT2D eigenvalue weighted by atomic mass is 16.7. The molecule has 0 aliphatic heterocycles. The molecule has 88 heavy (non-hydrogen) atoms. The number of ether oxygens (including phenoxy) is 5. The summed E-state index contributed by atoms with van der Waals surface area (Å²) in [4.78, 5) is 55.1. The van der Waals surface area contributed by atoms with E-state index in [1.807, 2.05) is 0 Å². The van der Waals surface area contributed by atoms with Gasteiger partial charge in [-0.25, -0.2) is 4.79 Å². The van der Waals surface area contributed by atoms with Gasteiger partial charge in [0.1, 0.15) is 0 Å². The molecule has 0 amide bonds. The average Bonchev–Trinajstić information content (AvgIpc) is 3.53. The second-order valence-electron chi connectivity index (χ2n) is 26.6. The Balaban J connectivity index is 4.74. The van der Waals surface area contributed by atoms with E-state index < -0.39 is 6.16 Å². The third-order valence-electron chi connectivity index (χ3n) is 18.3. The van der Waals surface area contributed by atoms with Crippen LogP contribution in [0, 0.1) is 17.8 Å². The highest BCUT2D eigenvalue weighted by Gasteiger charge is 2.15. The van der Waals surface area contributed by atoms with Crippen LogP contribution < -0.4 is 0 Å². The van der Waals surface area contributed by atoms with E-state index in [9.17, 15) is 24.3 Å². The first-order valence-electron chi connectivity index (χ1n) is 38.5. The van der Waals surface area contributed by atoms with Crippen molar-refractivity contribution in [3.63, 3.8) is 0 Å². The lowest BCUT2D eigenvalue weighted by molar-refractivity contribution is -0.145. The van der Waals surface area contributed by atoms with Crippen molar-refractivity contribution in [3.05, 3.63) is 0 Å². The fourth-order valence-corrected chi connectivity index (χ4v) is 12.5. The van der Waals surface area contributed by atoms with Gasteiger partial charge in [0.15, 0.2) is 0 Å². The first-order chi connectivity index (χ1) is 43.1. The van der Waals surface area contributed by atoms with Crippen LogP contribution in [-0.2, 0) is 38.1 Å². The van der Waals surface area contributed by atoms with Crippen molar-refractivity contribution in [3.8, 4) is 0 Å². The SMILES string of the molecule is CCCCCC(CCCCC)CCOC(=O)CCCCCCCCN(CCCO)CCCOC(=O)OCCCN(CCCCCCCCC(=O)OCCC(CCCCC)CCCCC)CCCCCCCCC(=O)OCCC(CCCCC)CCCCC. The van der Waals surface area contributed by atoms with Crippen molar-refractivity contribution in [2.75, 3.05) is 78.9 Å². The zero-order valence-corrected chi connectivity index (χ0v) is 59.3. The first kappa shape index (κ1) is 85.6. The van der Waals surface area contributed by atoms with Crippen LogP contribution >= 0.6 is 0 Å². The van der Waals surface area contributed by atoms with E-state index in [0.717, 1.165) is 168 Å². The molecule has 0 unspecified atom stereocenters. The van der Waals surface area contributed by atoms with Crippen LogP contribution in [0.4, 0.5) is 4.79 Å². The Labute approximate surface area is 545 Å². The van der Waals surface area contributed by atoms with Gasteiger partial charge in [-0.05, 0) is 114 Å². The Hall–Kier alpha value is -2.44. The van der Waals surface area contributed by atoms with Crippen LogP contribution in [0.3, 0.4) is 0 Å². The third kappa shape index (κ3) is 61.1. The van der Waals surface area contributed by atoms with Crippen LogP contribution in [0.1, 0.15) is 369 Å². The molecule has 0 saturated heterocycles. The molecule has 0 saturated carbocycles. The standard InChI is InChI=1S/C76H148N2O10/c1-7-13-31-46-70(47-32-14-8-2)55-67-84-73(80)52-37-25-19-22-28-40-58-77(59-41-29-23-20-26-38-53-74(81)85-68-56-71(48-33-15-9-3)49-34-16-10-4)62-44-65-87-76(83)88-66-45-63-78(61-43-64-79)60-42-30-24-21-27-39-54-75(82)86-69-57-72(50-35-17-11-5)51-36-18-12-6/h70-72,79H,7-69H2,1-6H3. The highest BCUT2D eigenvalue weighted by Crippen LogP contribution is 2.24. The van der Waals surface area contributed by atoms with Crippen LogP contribution in [-0.4, -0.2) is 118 Å². The van der Waals surface area contributed by atoms with Crippen LogP contribution in [0.15, 0.2) is 0 Å². The van der Waals surface area contributed by atoms with Crippen LogP contribution in [0.5, 0.6) is 0 Å². The first-order valence-corrected chi connectivity index (χ1v) is 38.5. The average molecular weight is 1250 g/mol. The minimum absolute atomic E-state index is 0.0299. The molecule has 0 aromatic rings. The molecule has 0 spiro atoms. The van der Waals surface area contributed by atoms with Gasteiger partial charge in [-0.15, -0.1) is 0 Å². The Morgan fingerprint density at radius 3 is 0.761 bits per heavy atom. The summed E-state index contributed by atoms with van der Waals surface area (Å²) in [5.74, 6) is 1.95. The molecule has 0 atom stereocenters. The number of carbonyl (C=O) groups excluding carboxylic acids is 4. The maximum absolute atomic E-state index is 12.6. The van der Waals surface area contributed by atoms with Crippen LogP contribution in [0.2, 0.25) is 0 Å². The molecular formula is C76H148N2O10. The van der Waals surface area contributed by atoms with Gasteiger partial charge in [-0.3, -0.25) is 14.4 Å². The Morgan fingerprint density at radius 1 is 0.261 bits per heavy atom. The van der Waals surface area contributed by atoms with Gasteiger partial charge in [0.2, 0.25) is 0 Å². The van der Waals surface area contributed by atoms with Gasteiger partial charge < -0.3 is 38.6 Å². The Morgan fingerprint density at radius 2 is 0.500 bits per heavy atom. The van der Waals surface area contributed by atoms with Crippen molar-refractivity contribution in [1.29, 1.82) is 0 Å². The smallest absolute Gasteiger partial charge is 0.466 e. The number of unbranched alkanes of at least 4 members (excludes halogenated alkanes) is 27. The summed E-state index contributed by atoms with van der Waals surface area (Å²) in [6, 6.07) is 0. The molecule has 0 bridgehead atoms. The quantitative estimate of drug-likeness (QED) is 0.0352. The number of esters is 3. The summed E-state index contributed by atoms with van der Waals surface area (Å²) in [5, 5.41) is 9.55. The van der Waals surface area contributed by atoms with E-state index in [4.69, 9.17) is 23.7 Å². The van der Waals surface area contributed by atoms with Gasteiger partial charge >= 0.3 is 24.1 Å². The molecule has 0 aliphatic rings. The number of aliphatic hydroxyl groups excluding tert-OH is 1. The number of hydrogen-bond donors (Lipinski definition) is 1. The van der Waals surface area contributed by atoms with Crippen LogP contribution in [0.25, 0.3) is 0 Å². The lowest BCUT2D eigenvalue weighted by Gasteiger charge is -2.22. The normalized spacial score (nSPS) is 11.7. The summed E-state index contributed by atoms with van der Waals surface area (Å²) < 4.78 is 28.1.